The van der Waals surface area contributed by atoms with Gasteiger partial charge in [0.05, 0.1) is 5.70 Å². The summed E-state index contributed by atoms with van der Waals surface area (Å²) in [5.41, 5.74) is 8.06. The van der Waals surface area contributed by atoms with E-state index in [0.717, 1.165) is 29.4 Å². The lowest BCUT2D eigenvalue weighted by Gasteiger charge is -2.32. The van der Waals surface area contributed by atoms with Crippen LogP contribution in [0, 0.1) is 5.92 Å². The van der Waals surface area contributed by atoms with Crippen LogP contribution in [0.2, 0.25) is 5.02 Å². The van der Waals surface area contributed by atoms with Gasteiger partial charge in [-0.1, -0.05) is 29.8 Å². The summed E-state index contributed by atoms with van der Waals surface area (Å²) in [5, 5.41) is 4.25. The van der Waals surface area contributed by atoms with Crippen LogP contribution in [0.4, 0.5) is 0 Å². The van der Waals surface area contributed by atoms with Gasteiger partial charge in [-0.25, -0.2) is 0 Å². The first kappa shape index (κ1) is 14.7. The second-order valence-electron chi connectivity index (χ2n) is 6.27. The molecule has 4 rings (SSSR count). The fraction of sp³-hybridized carbons (Fsp3) is 0.300. The number of nitrogens with zero attached hydrogens (tertiary/aromatic N) is 1. The molecule has 0 radical (unpaired) electrons. The fourth-order valence-electron chi connectivity index (χ4n) is 3.80. The normalized spacial score (nSPS) is 23.4. The molecule has 0 aromatic heterocycles. The number of benzene rings is 1. The van der Waals surface area contributed by atoms with E-state index in [1.165, 1.54) is 24.0 Å². The quantitative estimate of drug-likeness (QED) is 0.756. The maximum atomic E-state index is 6.23. The van der Waals surface area contributed by atoms with Gasteiger partial charge in [0.25, 0.3) is 0 Å². The second-order valence-corrected chi connectivity index (χ2v) is 6.70. The monoisotopic (exact) mass is 322 g/mol. The van der Waals surface area contributed by atoms with Crippen LogP contribution in [0.3, 0.4) is 0 Å². The molecule has 0 bridgehead atoms. The van der Waals surface area contributed by atoms with Crippen molar-refractivity contribution in [2.75, 3.05) is 13.1 Å². The molecular weight excluding hydrogens is 304 g/mol. The number of allylic oxidation sites excluding steroid dienone is 4. The average Bonchev–Trinajstić information content (AvgIpc) is 2.88. The van der Waals surface area contributed by atoms with Gasteiger partial charge in [0.1, 0.15) is 0 Å². The van der Waals surface area contributed by atoms with Gasteiger partial charge in [-0.15, -0.1) is 5.73 Å². The zero-order valence-electron chi connectivity index (χ0n) is 12.9. The van der Waals surface area contributed by atoms with Crippen LogP contribution < -0.4 is 5.32 Å². The summed E-state index contributed by atoms with van der Waals surface area (Å²) in [6, 6.07) is 6.25. The third kappa shape index (κ3) is 2.86. The molecule has 0 amide bonds. The first-order valence-corrected chi connectivity index (χ1v) is 8.58. The molecule has 1 unspecified atom stereocenters. The Labute approximate surface area is 142 Å². The summed E-state index contributed by atoms with van der Waals surface area (Å²) in [4.78, 5) is 4.78. The van der Waals surface area contributed by atoms with Gasteiger partial charge in [-0.2, -0.15) is 0 Å². The molecule has 0 saturated carbocycles. The SMILES string of the molecule is Clc1ccc2c(c1)C=CC1=C(N=CC=C=C1)C2C1CCNCC1. The van der Waals surface area contributed by atoms with Crippen molar-refractivity contribution in [2.45, 2.75) is 18.8 Å². The van der Waals surface area contributed by atoms with Crippen molar-refractivity contribution in [1.29, 1.82) is 0 Å². The minimum Gasteiger partial charge on any atom is -0.317 e. The molecule has 1 fully saturated rings. The number of nitrogens with one attached hydrogen (secondary N) is 1. The topological polar surface area (TPSA) is 24.4 Å². The fourth-order valence-corrected chi connectivity index (χ4v) is 3.98. The lowest BCUT2D eigenvalue weighted by atomic mass is 9.77. The van der Waals surface area contributed by atoms with E-state index in [9.17, 15) is 0 Å². The zero-order chi connectivity index (χ0) is 15.6. The van der Waals surface area contributed by atoms with Gasteiger partial charge in [-0.05, 0) is 67.3 Å². The highest BCUT2D eigenvalue weighted by molar-refractivity contribution is 6.30. The smallest absolute Gasteiger partial charge is 0.0560 e. The number of aliphatic imine (C=N–C) groups is 1. The molecule has 116 valence electrons. The van der Waals surface area contributed by atoms with E-state index in [-0.39, 0.29) is 0 Å². The van der Waals surface area contributed by atoms with Crippen molar-refractivity contribution in [3.8, 4) is 0 Å². The van der Waals surface area contributed by atoms with Crippen LogP contribution in [0.5, 0.6) is 0 Å². The van der Waals surface area contributed by atoms with E-state index >= 15 is 0 Å². The Morgan fingerprint density at radius 1 is 1.17 bits per heavy atom. The standard InChI is InChI=1S/C20H19ClN2/c21-17-6-7-18-16(13-17)5-4-15-3-1-2-10-23-20(15)19(18)14-8-11-22-12-9-14/h2-7,10,13-14,19,22H,8-9,11-12H2. The Morgan fingerprint density at radius 3 is 2.91 bits per heavy atom. The number of hydrogen-bond donors (Lipinski definition) is 1. The minimum absolute atomic E-state index is 0.315. The minimum atomic E-state index is 0.315. The van der Waals surface area contributed by atoms with Crippen LogP contribution >= 0.6 is 11.6 Å². The number of piperidine rings is 1. The molecule has 1 aromatic carbocycles. The van der Waals surface area contributed by atoms with Crippen LogP contribution in [0.1, 0.15) is 29.9 Å². The average molecular weight is 323 g/mol. The van der Waals surface area contributed by atoms with Gasteiger partial charge < -0.3 is 5.32 Å². The molecule has 2 aliphatic heterocycles. The highest BCUT2D eigenvalue weighted by Gasteiger charge is 2.31. The summed E-state index contributed by atoms with van der Waals surface area (Å²) in [6.45, 7) is 2.16. The Morgan fingerprint density at radius 2 is 2.04 bits per heavy atom. The Balaban J connectivity index is 1.88. The van der Waals surface area contributed by atoms with Gasteiger partial charge in [0, 0.05) is 22.7 Å². The number of fused-ring (bicyclic) bond motifs is 1. The first-order chi connectivity index (χ1) is 11.3. The van der Waals surface area contributed by atoms with Crippen LogP contribution in [-0.2, 0) is 0 Å². The van der Waals surface area contributed by atoms with E-state index in [1.807, 2.05) is 24.4 Å². The summed E-state index contributed by atoms with van der Waals surface area (Å²) in [6.07, 6.45) is 12.4. The Bertz CT molecular complexity index is 773. The van der Waals surface area contributed by atoms with Crippen molar-refractivity contribution in [2.24, 2.45) is 10.9 Å². The van der Waals surface area contributed by atoms with Crippen molar-refractivity contribution in [3.05, 3.63) is 69.6 Å². The highest BCUT2D eigenvalue weighted by atomic mass is 35.5. The van der Waals surface area contributed by atoms with E-state index < -0.39 is 0 Å². The van der Waals surface area contributed by atoms with Gasteiger partial charge in [0.15, 0.2) is 0 Å². The number of hydrogen-bond acceptors (Lipinski definition) is 2. The summed E-state index contributed by atoms with van der Waals surface area (Å²) >= 11 is 6.23. The van der Waals surface area contributed by atoms with E-state index in [1.54, 1.807) is 0 Å². The molecule has 3 heteroatoms. The molecule has 23 heavy (non-hydrogen) atoms. The predicted octanol–water partition coefficient (Wildman–Crippen LogP) is 4.50. The molecule has 1 N–H and O–H groups in total. The maximum Gasteiger partial charge on any atom is 0.0560 e. The van der Waals surface area contributed by atoms with Gasteiger partial charge in [-0.3, -0.25) is 4.99 Å². The highest BCUT2D eigenvalue weighted by Crippen LogP contribution is 2.43. The molecule has 2 heterocycles. The third-order valence-electron chi connectivity index (χ3n) is 4.90. The predicted molar refractivity (Wildman–Crippen MR) is 97.0 cm³/mol. The van der Waals surface area contributed by atoms with Gasteiger partial charge in [0.2, 0.25) is 0 Å². The largest absolute Gasteiger partial charge is 0.317 e. The van der Waals surface area contributed by atoms with Crippen LogP contribution in [0.25, 0.3) is 6.08 Å². The molecule has 1 saturated heterocycles. The summed E-state index contributed by atoms with van der Waals surface area (Å²) < 4.78 is 0. The van der Waals surface area contributed by atoms with Crippen molar-refractivity contribution in [3.63, 3.8) is 0 Å². The van der Waals surface area contributed by atoms with E-state index in [4.69, 9.17) is 16.6 Å². The number of halogens is 1. The Hall–Kier alpha value is -1.86. The lowest BCUT2D eigenvalue weighted by Crippen LogP contribution is -2.31. The van der Waals surface area contributed by atoms with Gasteiger partial charge >= 0.3 is 0 Å². The first-order valence-electron chi connectivity index (χ1n) is 8.20. The molecule has 3 aliphatic rings. The third-order valence-corrected chi connectivity index (χ3v) is 5.13. The van der Waals surface area contributed by atoms with Crippen molar-refractivity contribution >= 4 is 23.9 Å². The maximum absolute atomic E-state index is 6.23. The molecule has 1 aliphatic carbocycles. The molecule has 1 atom stereocenters. The van der Waals surface area contributed by atoms with Crippen molar-refractivity contribution < 1.29 is 0 Å². The van der Waals surface area contributed by atoms with E-state index in [0.29, 0.717) is 11.8 Å². The van der Waals surface area contributed by atoms with Crippen LogP contribution in [0.15, 0.2) is 58.4 Å². The van der Waals surface area contributed by atoms with Crippen LogP contribution in [-0.4, -0.2) is 19.3 Å². The molecular formula is C20H19ClN2. The number of rotatable bonds is 1. The van der Waals surface area contributed by atoms with E-state index in [2.05, 4.69) is 35.3 Å². The lowest BCUT2D eigenvalue weighted by molar-refractivity contribution is 0.338. The van der Waals surface area contributed by atoms with Crippen molar-refractivity contribution in [1.82, 2.24) is 5.32 Å². The Kier molecular flexibility index (Phi) is 4.05. The second kappa shape index (κ2) is 6.33. The molecule has 2 nitrogen and oxygen atoms in total. The molecule has 1 aromatic rings. The summed E-state index contributed by atoms with van der Waals surface area (Å²) in [7, 11) is 0. The molecule has 0 spiro atoms. The zero-order valence-corrected chi connectivity index (χ0v) is 13.7. The summed E-state index contributed by atoms with van der Waals surface area (Å²) in [5.74, 6) is 0.917.